The van der Waals surface area contributed by atoms with Gasteiger partial charge in [0.2, 0.25) is 18.2 Å². The lowest BCUT2D eigenvalue weighted by molar-refractivity contribution is -0.134. The number of amides is 4. The highest BCUT2D eigenvalue weighted by molar-refractivity contribution is 6.03. The van der Waals surface area contributed by atoms with Crippen LogP contribution >= 0.6 is 0 Å². The SMILES string of the molecule is O=CN1CCC(CCCN2CCN(c3ccc(C(=O)NC4CCC(=O)NC4=O)c(F)c3)CC2)CC1. The smallest absolute Gasteiger partial charge is 0.254 e. The van der Waals surface area contributed by atoms with Gasteiger partial charge in [0.05, 0.1) is 5.56 Å². The van der Waals surface area contributed by atoms with Crippen LogP contribution in [0.4, 0.5) is 10.1 Å². The molecule has 0 aliphatic carbocycles. The third-order valence-corrected chi connectivity index (χ3v) is 7.36. The molecule has 0 bridgehead atoms. The number of rotatable bonds is 8. The van der Waals surface area contributed by atoms with Crippen LogP contribution in [0.3, 0.4) is 0 Å². The molecule has 35 heavy (non-hydrogen) atoms. The fraction of sp³-hybridized carbons (Fsp3) is 0.600. The van der Waals surface area contributed by atoms with E-state index in [1.807, 2.05) is 4.90 Å². The van der Waals surface area contributed by atoms with Gasteiger partial charge in [-0.05, 0) is 62.8 Å². The number of carbonyl (C=O) groups is 4. The Morgan fingerprint density at radius 2 is 1.83 bits per heavy atom. The second kappa shape index (κ2) is 11.6. The quantitative estimate of drug-likeness (QED) is 0.421. The highest BCUT2D eigenvalue weighted by Crippen LogP contribution is 2.23. The number of hydrogen-bond acceptors (Lipinski definition) is 6. The van der Waals surface area contributed by atoms with Crippen molar-refractivity contribution in [3.05, 3.63) is 29.6 Å². The Hall–Kier alpha value is -3.01. The van der Waals surface area contributed by atoms with E-state index in [-0.39, 0.29) is 24.3 Å². The Morgan fingerprint density at radius 3 is 2.49 bits per heavy atom. The summed E-state index contributed by atoms with van der Waals surface area (Å²) in [6, 6.07) is 3.73. The molecule has 190 valence electrons. The molecule has 3 fully saturated rings. The number of anilines is 1. The second-order valence-corrected chi connectivity index (χ2v) is 9.70. The maximum absolute atomic E-state index is 14.8. The number of likely N-dealkylation sites (tertiary alicyclic amines) is 1. The van der Waals surface area contributed by atoms with Gasteiger partial charge in [-0.15, -0.1) is 0 Å². The van der Waals surface area contributed by atoms with Crippen LogP contribution in [0.5, 0.6) is 0 Å². The van der Waals surface area contributed by atoms with Crippen LogP contribution < -0.4 is 15.5 Å². The topological polar surface area (TPSA) is 102 Å². The van der Waals surface area contributed by atoms with Gasteiger partial charge in [-0.1, -0.05) is 0 Å². The van der Waals surface area contributed by atoms with Gasteiger partial charge in [0.15, 0.2) is 0 Å². The molecule has 9 nitrogen and oxygen atoms in total. The average Bonchev–Trinajstić information content (AvgIpc) is 2.86. The van der Waals surface area contributed by atoms with E-state index in [4.69, 9.17) is 0 Å². The van der Waals surface area contributed by atoms with Crippen molar-refractivity contribution in [3.8, 4) is 0 Å². The number of benzene rings is 1. The Kier molecular flexibility index (Phi) is 8.33. The summed E-state index contributed by atoms with van der Waals surface area (Å²) in [6.07, 6.45) is 5.84. The summed E-state index contributed by atoms with van der Waals surface area (Å²) in [5.41, 5.74) is 0.623. The van der Waals surface area contributed by atoms with Gasteiger partial charge < -0.3 is 15.1 Å². The Morgan fingerprint density at radius 1 is 1.09 bits per heavy atom. The summed E-state index contributed by atoms with van der Waals surface area (Å²) in [7, 11) is 0. The van der Waals surface area contributed by atoms with Crippen molar-refractivity contribution < 1.29 is 23.6 Å². The van der Waals surface area contributed by atoms with Crippen LogP contribution in [0.25, 0.3) is 0 Å². The fourth-order valence-electron chi connectivity index (χ4n) is 5.13. The van der Waals surface area contributed by atoms with E-state index < -0.39 is 23.7 Å². The van der Waals surface area contributed by atoms with E-state index in [0.717, 1.165) is 77.2 Å². The minimum Gasteiger partial charge on any atom is -0.369 e. The van der Waals surface area contributed by atoms with Crippen LogP contribution in [0, 0.1) is 11.7 Å². The van der Waals surface area contributed by atoms with Gasteiger partial charge in [-0.3, -0.25) is 29.4 Å². The molecule has 10 heteroatoms. The molecule has 1 atom stereocenters. The van der Waals surface area contributed by atoms with E-state index >= 15 is 0 Å². The van der Waals surface area contributed by atoms with Crippen LogP contribution in [0.15, 0.2) is 18.2 Å². The van der Waals surface area contributed by atoms with Gasteiger partial charge in [0.25, 0.3) is 5.91 Å². The molecule has 4 amide bonds. The van der Waals surface area contributed by atoms with Crippen LogP contribution in [-0.4, -0.2) is 85.8 Å². The molecule has 2 N–H and O–H groups in total. The number of imide groups is 1. The van der Waals surface area contributed by atoms with Crippen LogP contribution in [0.2, 0.25) is 0 Å². The summed E-state index contributed by atoms with van der Waals surface area (Å²) in [4.78, 5) is 52.8. The number of nitrogens with one attached hydrogen (secondary N) is 2. The largest absolute Gasteiger partial charge is 0.369 e. The van der Waals surface area contributed by atoms with Crippen molar-refractivity contribution in [2.75, 3.05) is 50.7 Å². The van der Waals surface area contributed by atoms with E-state index in [9.17, 15) is 23.6 Å². The maximum Gasteiger partial charge on any atom is 0.254 e. The number of nitrogens with zero attached hydrogens (tertiary/aromatic N) is 3. The molecular formula is C25H34FN5O4. The Bertz CT molecular complexity index is 942. The van der Waals surface area contributed by atoms with E-state index in [1.54, 1.807) is 6.07 Å². The van der Waals surface area contributed by atoms with Crippen molar-refractivity contribution in [2.24, 2.45) is 5.92 Å². The lowest BCUT2D eigenvalue weighted by atomic mass is 9.92. The molecule has 0 radical (unpaired) electrons. The number of carbonyl (C=O) groups excluding carboxylic acids is 4. The standard InChI is InChI=1S/C25H34FN5O4/c26-21-16-19(3-4-20(21)24(34)27-22-5-6-23(33)28-25(22)35)31-14-12-29(13-15-31)9-1-2-18-7-10-30(17-32)11-8-18/h3-4,16-18,22H,1-2,5-15H2,(H,27,34)(H,28,33,35). The first-order valence-electron chi connectivity index (χ1n) is 12.5. The zero-order chi connectivity index (χ0) is 24.8. The molecule has 1 unspecified atom stereocenters. The molecular weight excluding hydrogens is 453 g/mol. The van der Waals surface area contributed by atoms with E-state index in [2.05, 4.69) is 20.4 Å². The predicted octanol–water partition coefficient (Wildman–Crippen LogP) is 1.13. The molecule has 0 aromatic heterocycles. The van der Waals surface area contributed by atoms with Gasteiger partial charge in [-0.2, -0.15) is 0 Å². The van der Waals surface area contributed by atoms with E-state index in [1.165, 1.54) is 18.6 Å². The number of piperidine rings is 2. The first-order valence-corrected chi connectivity index (χ1v) is 12.5. The molecule has 1 aromatic rings. The van der Waals surface area contributed by atoms with Crippen molar-refractivity contribution in [1.82, 2.24) is 20.4 Å². The minimum atomic E-state index is -0.837. The van der Waals surface area contributed by atoms with Crippen LogP contribution in [-0.2, 0) is 14.4 Å². The van der Waals surface area contributed by atoms with E-state index in [0.29, 0.717) is 5.92 Å². The van der Waals surface area contributed by atoms with Gasteiger partial charge in [0.1, 0.15) is 11.9 Å². The first kappa shape index (κ1) is 25.1. The van der Waals surface area contributed by atoms with Gasteiger partial charge >= 0.3 is 0 Å². The summed E-state index contributed by atoms with van der Waals surface area (Å²) >= 11 is 0. The molecule has 0 saturated carbocycles. The summed E-state index contributed by atoms with van der Waals surface area (Å²) < 4.78 is 14.8. The molecule has 0 spiro atoms. The lowest BCUT2D eigenvalue weighted by Gasteiger charge is -2.36. The normalized spacial score (nSPS) is 22.1. The highest BCUT2D eigenvalue weighted by Gasteiger charge is 2.29. The maximum atomic E-state index is 14.8. The Labute approximate surface area is 205 Å². The molecule has 3 aliphatic heterocycles. The third kappa shape index (κ3) is 6.56. The summed E-state index contributed by atoms with van der Waals surface area (Å²) in [5.74, 6) is -1.51. The fourth-order valence-corrected chi connectivity index (χ4v) is 5.13. The van der Waals surface area contributed by atoms with Crippen molar-refractivity contribution in [2.45, 2.75) is 44.6 Å². The molecule has 3 saturated heterocycles. The summed E-state index contributed by atoms with van der Waals surface area (Å²) in [5, 5.41) is 4.70. The number of piperazine rings is 1. The zero-order valence-electron chi connectivity index (χ0n) is 20.0. The third-order valence-electron chi connectivity index (χ3n) is 7.36. The van der Waals surface area contributed by atoms with Crippen molar-refractivity contribution >= 4 is 29.8 Å². The highest BCUT2D eigenvalue weighted by atomic mass is 19.1. The zero-order valence-corrected chi connectivity index (χ0v) is 20.0. The van der Waals surface area contributed by atoms with Gasteiger partial charge in [-0.25, -0.2) is 4.39 Å². The molecule has 1 aromatic carbocycles. The van der Waals surface area contributed by atoms with Gasteiger partial charge in [0, 0.05) is 51.4 Å². The number of hydrogen-bond donors (Lipinski definition) is 2. The summed E-state index contributed by atoms with van der Waals surface area (Å²) in [6.45, 7) is 6.20. The molecule has 3 aliphatic rings. The van der Waals surface area contributed by atoms with Crippen molar-refractivity contribution in [3.63, 3.8) is 0 Å². The molecule has 4 rings (SSSR count). The predicted molar refractivity (Wildman–Crippen MR) is 128 cm³/mol. The molecule has 3 heterocycles. The number of halogens is 1. The first-order chi connectivity index (χ1) is 16.9. The van der Waals surface area contributed by atoms with Crippen molar-refractivity contribution in [1.29, 1.82) is 0 Å². The lowest BCUT2D eigenvalue weighted by Crippen LogP contribution is -2.52. The van der Waals surface area contributed by atoms with Crippen LogP contribution in [0.1, 0.15) is 48.9 Å². The second-order valence-electron chi connectivity index (χ2n) is 9.70. The average molecular weight is 488 g/mol. The monoisotopic (exact) mass is 487 g/mol. The minimum absolute atomic E-state index is 0.115. The Balaban J connectivity index is 1.21.